The number of non-ortho nitro benzene ring substituents is 1. The predicted octanol–water partition coefficient (Wildman–Crippen LogP) is 5.75. The van der Waals surface area contributed by atoms with E-state index in [1.54, 1.807) is 42.5 Å². The van der Waals surface area contributed by atoms with Crippen molar-refractivity contribution in [3.8, 4) is 11.5 Å². The van der Waals surface area contributed by atoms with Gasteiger partial charge in [-0.15, -0.1) is 0 Å². The van der Waals surface area contributed by atoms with E-state index >= 15 is 0 Å². The van der Waals surface area contributed by atoms with Crippen LogP contribution >= 0.6 is 11.3 Å². The molecule has 1 amide bonds. The number of Topliss-reactive ketones (excluding diaryl/α,β-unsaturated/α-hetero) is 1. The van der Waals surface area contributed by atoms with Gasteiger partial charge in [0.15, 0.2) is 28.0 Å². The first-order valence-corrected chi connectivity index (χ1v) is 12.7. The molecule has 0 saturated carbocycles. The number of rotatable bonds is 7. The van der Waals surface area contributed by atoms with E-state index in [-0.39, 0.29) is 27.7 Å². The number of hydrogen-bond acceptors (Lipinski definition) is 10. The molecular formula is C28H19N3O8S. The highest BCUT2D eigenvalue weighted by Crippen LogP contribution is 2.45. The van der Waals surface area contributed by atoms with Crippen molar-refractivity contribution in [2.75, 3.05) is 19.1 Å². The van der Waals surface area contributed by atoms with E-state index in [1.807, 2.05) is 0 Å². The number of anilines is 1. The summed E-state index contributed by atoms with van der Waals surface area (Å²) in [7, 11) is 2.99. The predicted molar refractivity (Wildman–Crippen MR) is 146 cm³/mol. The fourth-order valence-electron chi connectivity index (χ4n) is 4.72. The summed E-state index contributed by atoms with van der Waals surface area (Å²) in [5.74, 6) is -1.58. The van der Waals surface area contributed by atoms with Crippen molar-refractivity contribution in [1.82, 2.24) is 4.98 Å². The second kappa shape index (κ2) is 9.50. The molecule has 1 aliphatic heterocycles. The minimum absolute atomic E-state index is 0.139. The second-order valence-corrected chi connectivity index (χ2v) is 9.85. The zero-order valence-electron chi connectivity index (χ0n) is 21.0. The van der Waals surface area contributed by atoms with Crippen molar-refractivity contribution in [2.24, 2.45) is 0 Å². The zero-order chi connectivity index (χ0) is 28.1. The quantitative estimate of drug-likeness (QED) is 0.150. The molecule has 0 bridgehead atoms. The van der Waals surface area contributed by atoms with Gasteiger partial charge in [-0.1, -0.05) is 35.6 Å². The van der Waals surface area contributed by atoms with Crippen LogP contribution in [-0.4, -0.2) is 40.9 Å². The maximum atomic E-state index is 13.9. The number of carbonyl (C=O) groups excluding carboxylic acids is 2. The van der Waals surface area contributed by atoms with Gasteiger partial charge < -0.3 is 19.0 Å². The summed E-state index contributed by atoms with van der Waals surface area (Å²) in [4.78, 5) is 44.2. The van der Waals surface area contributed by atoms with E-state index in [4.69, 9.17) is 13.9 Å². The monoisotopic (exact) mass is 557 g/mol. The van der Waals surface area contributed by atoms with Crippen molar-refractivity contribution < 1.29 is 33.5 Å². The number of nitro benzene ring substituents is 1. The number of amides is 1. The number of ketones is 1. The minimum Gasteiger partial charge on any atom is -0.503 e. The summed E-state index contributed by atoms with van der Waals surface area (Å²) < 4.78 is 17.1. The van der Waals surface area contributed by atoms with Crippen LogP contribution in [0.5, 0.6) is 11.5 Å². The van der Waals surface area contributed by atoms with Gasteiger partial charge in [-0.05, 0) is 35.9 Å². The number of fused-ring (bicyclic) bond motifs is 2. The molecule has 1 aliphatic rings. The molecule has 0 radical (unpaired) electrons. The van der Waals surface area contributed by atoms with Crippen LogP contribution in [0, 0.1) is 10.1 Å². The fourth-order valence-corrected chi connectivity index (χ4v) is 5.74. The van der Waals surface area contributed by atoms with Crippen LogP contribution in [0.2, 0.25) is 0 Å². The maximum Gasteiger partial charge on any atom is 0.296 e. The van der Waals surface area contributed by atoms with Crippen molar-refractivity contribution in [2.45, 2.75) is 6.04 Å². The summed E-state index contributed by atoms with van der Waals surface area (Å²) in [6.07, 6.45) is 0. The van der Waals surface area contributed by atoms with Gasteiger partial charge in [0.2, 0.25) is 5.78 Å². The number of hydrogen-bond donors (Lipinski definition) is 1. The van der Waals surface area contributed by atoms with E-state index in [1.165, 1.54) is 43.4 Å². The highest BCUT2D eigenvalue weighted by molar-refractivity contribution is 7.22. The molecule has 1 atom stereocenters. The van der Waals surface area contributed by atoms with Crippen molar-refractivity contribution in [3.63, 3.8) is 0 Å². The number of ether oxygens (including phenoxy) is 2. The molecule has 40 heavy (non-hydrogen) atoms. The van der Waals surface area contributed by atoms with E-state index in [0.29, 0.717) is 32.7 Å². The Labute approximate surface area is 229 Å². The molecule has 6 rings (SSSR count). The van der Waals surface area contributed by atoms with Gasteiger partial charge in [-0.2, -0.15) is 0 Å². The Kier molecular flexibility index (Phi) is 5.96. The van der Waals surface area contributed by atoms with Gasteiger partial charge in [-0.25, -0.2) is 4.98 Å². The second-order valence-electron chi connectivity index (χ2n) is 8.84. The van der Waals surface area contributed by atoms with E-state index in [9.17, 15) is 24.8 Å². The molecule has 2 aromatic heterocycles. The van der Waals surface area contributed by atoms with Gasteiger partial charge >= 0.3 is 0 Å². The lowest BCUT2D eigenvalue weighted by Crippen LogP contribution is -2.31. The Morgan fingerprint density at radius 3 is 2.65 bits per heavy atom. The number of aliphatic hydroxyl groups is 1. The average Bonchev–Trinajstić information content (AvgIpc) is 3.66. The number of methoxy groups -OCH3 is 2. The van der Waals surface area contributed by atoms with Gasteiger partial charge in [0.25, 0.3) is 11.6 Å². The summed E-state index contributed by atoms with van der Waals surface area (Å²) in [6.45, 7) is 0. The minimum atomic E-state index is -1.22. The number of nitrogens with zero attached hydrogens (tertiary/aromatic N) is 3. The molecule has 12 heteroatoms. The molecule has 3 heterocycles. The standard InChI is InChI=1S/C28H19N3O8S/c1-37-17-9-10-18-21(13-17)40-28(29-18)30-23(14-5-3-7-16(11-14)31(35)36)22(25(33)27(30)34)24(32)20-12-15-6-4-8-19(38-2)26(15)39-20/h3-13,23,33H,1-2H3. The lowest BCUT2D eigenvalue weighted by atomic mass is 9.95. The number of aliphatic hydroxyl groups excluding tert-OH is 1. The number of benzene rings is 3. The Morgan fingerprint density at radius 1 is 1.10 bits per heavy atom. The number of furan rings is 1. The van der Waals surface area contributed by atoms with Crippen molar-refractivity contribution in [3.05, 3.63) is 99.5 Å². The Balaban J connectivity index is 1.52. The normalized spacial score (nSPS) is 15.3. The Morgan fingerprint density at radius 2 is 1.90 bits per heavy atom. The third-order valence-electron chi connectivity index (χ3n) is 6.59. The third-order valence-corrected chi connectivity index (χ3v) is 7.61. The number of carbonyl (C=O) groups is 2. The molecular weight excluding hydrogens is 538 g/mol. The molecule has 0 aliphatic carbocycles. The van der Waals surface area contributed by atoms with E-state index in [2.05, 4.69) is 4.98 Å². The van der Waals surface area contributed by atoms with Gasteiger partial charge in [0, 0.05) is 17.5 Å². The number of para-hydroxylation sites is 1. The first-order chi connectivity index (χ1) is 19.3. The lowest BCUT2D eigenvalue weighted by molar-refractivity contribution is -0.384. The summed E-state index contributed by atoms with van der Waals surface area (Å²) in [6, 6.07) is 16.1. The molecule has 3 aromatic carbocycles. The first kappa shape index (κ1) is 25.1. The van der Waals surface area contributed by atoms with Gasteiger partial charge in [0.1, 0.15) is 5.75 Å². The molecule has 1 unspecified atom stereocenters. The first-order valence-electron chi connectivity index (χ1n) is 11.9. The SMILES string of the molecule is COc1ccc2nc(N3C(=O)C(O)=C(C(=O)c4cc5cccc(OC)c5o4)C3c3cccc([N+](=O)[O-])c3)sc2c1. The van der Waals surface area contributed by atoms with Crippen molar-refractivity contribution >= 4 is 55.0 Å². The van der Waals surface area contributed by atoms with Crippen LogP contribution in [0.4, 0.5) is 10.8 Å². The Bertz CT molecular complexity index is 1890. The summed E-state index contributed by atoms with van der Waals surface area (Å²) in [5.41, 5.74) is 0.586. The highest BCUT2D eigenvalue weighted by atomic mass is 32.1. The number of aromatic nitrogens is 1. The maximum absolute atomic E-state index is 13.9. The van der Waals surface area contributed by atoms with Crippen molar-refractivity contribution in [1.29, 1.82) is 0 Å². The number of nitro groups is 1. The topological polar surface area (TPSA) is 145 Å². The summed E-state index contributed by atoms with van der Waals surface area (Å²) >= 11 is 1.15. The molecule has 0 spiro atoms. The van der Waals surface area contributed by atoms with E-state index < -0.39 is 28.4 Å². The largest absolute Gasteiger partial charge is 0.503 e. The van der Waals surface area contributed by atoms with Crippen LogP contribution in [0.3, 0.4) is 0 Å². The molecule has 0 saturated heterocycles. The lowest BCUT2D eigenvalue weighted by Gasteiger charge is -2.24. The Hall–Kier alpha value is -5.23. The van der Waals surface area contributed by atoms with Crippen LogP contribution in [-0.2, 0) is 4.79 Å². The number of thiazole rings is 1. The smallest absolute Gasteiger partial charge is 0.296 e. The van der Waals surface area contributed by atoms with Gasteiger partial charge in [0.05, 0.1) is 41.0 Å². The summed E-state index contributed by atoms with van der Waals surface area (Å²) in [5, 5.41) is 23.4. The molecule has 11 nitrogen and oxygen atoms in total. The zero-order valence-corrected chi connectivity index (χ0v) is 21.8. The fraction of sp³-hybridized carbons (Fsp3) is 0.107. The van der Waals surface area contributed by atoms with Crippen LogP contribution in [0.15, 0.2) is 82.5 Å². The third kappa shape index (κ3) is 3.93. The molecule has 0 fully saturated rings. The highest BCUT2D eigenvalue weighted by Gasteiger charge is 2.47. The van der Waals surface area contributed by atoms with Crippen LogP contribution < -0.4 is 14.4 Å². The van der Waals surface area contributed by atoms with Crippen LogP contribution in [0.25, 0.3) is 21.2 Å². The van der Waals surface area contributed by atoms with Gasteiger partial charge in [-0.3, -0.25) is 24.6 Å². The molecule has 5 aromatic rings. The van der Waals surface area contributed by atoms with E-state index in [0.717, 1.165) is 11.3 Å². The van der Waals surface area contributed by atoms with Crippen LogP contribution in [0.1, 0.15) is 22.2 Å². The molecule has 1 N–H and O–H groups in total. The average molecular weight is 558 g/mol. The molecule has 200 valence electrons.